The molecule has 0 aliphatic rings. The molecule has 0 heterocycles. The molecule has 0 aliphatic carbocycles. The van der Waals surface area contributed by atoms with Crippen LogP contribution in [0.15, 0.2) is 42.5 Å². The molecule has 0 aromatic heterocycles. The van der Waals surface area contributed by atoms with E-state index in [1.165, 1.54) is 32.2 Å². The van der Waals surface area contributed by atoms with E-state index >= 15 is 0 Å². The summed E-state index contributed by atoms with van der Waals surface area (Å²) in [6.45, 7) is 2.78. The third kappa shape index (κ3) is 5.70. The highest BCUT2D eigenvalue weighted by atomic mass is 16.6. The van der Waals surface area contributed by atoms with E-state index in [0.717, 1.165) is 5.56 Å². The number of hydrogen-bond acceptors (Lipinski definition) is 7. The Morgan fingerprint density at radius 1 is 1.18 bits per heavy atom. The van der Waals surface area contributed by atoms with Gasteiger partial charge in [-0.3, -0.25) is 14.9 Å². The molecule has 2 aromatic carbocycles. The Hall–Kier alpha value is -3.62. The van der Waals surface area contributed by atoms with Crippen LogP contribution in [0.25, 0.3) is 0 Å². The van der Waals surface area contributed by atoms with Gasteiger partial charge in [0, 0.05) is 0 Å². The Balaban J connectivity index is 1.91. The lowest BCUT2D eigenvalue weighted by Gasteiger charge is -2.14. The summed E-state index contributed by atoms with van der Waals surface area (Å²) in [6.07, 6.45) is -0.926. The highest BCUT2D eigenvalue weighted by molar-refractivity contribution is 5.95. The summed E-state index contributed by atoms with van der Waals surface area (Å²) in [7, 11) is 1.37. The van der Waals surface area contributed by atoms with Crippen LogP contribution in [-0.4, -0.2) is 36.6 Å². The first-order valence-electron chi connectivity index (χ1n) is 8.32. The van der Waals surface area contributed by atoms with Gasteiger partial charge in [0.15, 0.2) is 12.7 Å². The molecule has 1 atom stereocenters. The first-order chi connectivity index (χ1) is 13.3. The fraction of sp³-hybridized carbons (Fsp3) is 0.263. The van der Waals surface area contributed by atoms with E-state index in [1.807, 2.05) is 13.0 Å². The van der Waals surface area contributed by atoms with Gasteiger partial charge in [-0.25, -0.2) is 4.79 Å². The molecule has 0 aliphatic heterocycles. The number of rotatable bonds is 8. The van der Waals surface area contributed by atoms with Crippen LogP contribution in [-0.2, 0) is 14.3 Å². The van der Waals surface area contributed by atoms with Crippen LogP contribution in [0, 0.1) is 17.0 Å². The zero-order valence-electron chi connectivity index (χ0n) is 15.6. The standard InChI is InChI=1S/C19H20N2O7/c1-12-5-4-6-15(9-12)28-13(2)19(23)27-11-18(22)20-16-8-7-14(26-3)10-17(16)21(24)25/h4-10,13H,11H2,1-3H3,(H,20,22)/t13-/m0/s1. The van der Waals surface area contributed by atoms with Crippen molar-refractivity contribution in [2.45, 2.75) is 20.0 Å². The van der Waals surface area contributed by atoms with E-state index in [0.29, 0.717) is 5.75 Å². The van der Waals surface area contributed by atoms with Gasteiger partial charge in [-0.15, -0.1) is 0 Å². The molecule has 0 saturated carbocycles. The topological polar surface area (TPSA) is 117 Å². The minimum atomic E-state index is -0.926. The lowest BCUT2D eigenvalue weighted by molar-refractivity contribution is -0.384. The molecule has 0 bridgehead atoms. The summed E-state index contributed by atoms with van der Waals surface area (Å²) in [5, 5.41) is 13.5. The number of nitrogens with one attached hydrogen (secondary N) is 1. The summed E-state index contributed by atoms with van der Waals surface area (Å²) in [6, 6.07) is 11.1. The van der Waals surface area contributed by atoms with Crippen LogP contribution >= 0.6 is 0 Å². The highest BCUT2D eigenvalue weighted by Gasteiger charge is 2.20. The highest BCUT2D eigenvalue weighted by Crippen LogP contribution is 2.28. The maximum atomic E-state index is 12.0. The Labute approximate surface area is 161 Å². The quantitative estimate of drug-likeness (QED) is 0.420. The lowest BCUT2D eigenvalue weighted by Crippen LogP contribution is -2.29. The second-order valence-corrected chi connectivity index (χ2v) is 5.87. The van der Waals surface area contributed by atoms with Crippen molar-refractivity contribution in [3.8, 4) is 11.5 Å². The number of nitrogens with zero attached hydrogens (tertiary/aromatic N) is 1. The molecular formula is C19H20N2O7. The molecule has 0 saturated heterocycles. The van der Waals surface area contributed by atoms with Gasteiger partial charge in [0.1, 0.15) is 17.2 Å². The Morgan fingerprint density at radius 2 is 1.93 bits per heavy atom. The zero-order valence-corrected chi connectivity index (χ0v) is 15.6. The smallest absolute Gasteiger partial charge is 0.347 e. The number of ether oxygens (including phenoxy) is 3. The van der Waals surface area contributed by atoms with E-state index in [9.17, 15) is 19.7 Å². The molecule has 0 fully saturated rings. The van der Waals surface area contributed by atoms with E-state index in [-0.39, 0.29) is 17.1 Å². The van der Waals surface area contributed by atoms with Gasteiger partial charge in [0.25, 0.3) is 11.6 Å². The van der Waals surface area contributed by atoms with Crippen molar-refractivity contribution >= 4 is 23.3 Å². The molecule has 148 valence electrons. The number of benzene rings is 2. The van der Waals surface area contributed by atoms with Crippen LogP contribution in [0.3, 0.4) is 0 Å². The third-order valence-electron chi connectivity index (χ3n) is 3.66. The monoisotopic (exact) mass is 388 g/mol. The first kappa shape index (κ1) is 20.7. The summed E-state index contributed by atoms with van der Waals surface area (Å²) >= 11 is 0. The molecule has 1 amide bonds. The van der Waals surface area contributed by atoms with E-state index in [1.54, 1.807) is 18.2 Å². The SMILES string of the molecule is COc1ccc(NC(=O)COC(=O)[C@H](C)Oc2cccc(C)c2)c([N+](=O)[O-])c1. The number of aryl methyl sites for hydroxylation is 1. The van der Waals surface area contributed by atoms with Crippen LogP contribution in [0.1, 0.15) is 12.5 Å². The number of carbonyl (C=O) groups is 2. The Kier molecular flexibility index (Phi) is 6.91. The predicted octanol–water partition coefficient (Wildman–Crippen LogP) is 2.86. The number of carbonyl (C=O) groups excluding carboxylic acids is 2. The predicted molar refractivity (Wildman–Crippen MR) is 101 cm³/mol. The molecule has 1 N–H and O–H groups in total. The van der Waals surface area contributed by atoms with E-state index in [2.05, 4.69) is 5.32 Å². The normalized spacial score (nSPS) is 11.2. The van der Waals surface area contributed by atoms with Gasteiger partial charge in [-0.2, -0.15) is 0 Å². The first-order valence-corrected chi connectivity index (χ1v) is 8.32. The second kappa shape index (κ2) is 9.36. The van der Waals surface area contributed by atoms with Crippen molar-refractivity contribution in [3.63, 3.8) is 0 Å². The summed E-state index contributed by atoms with van der Waals surface area (Å²) in [5.74, 6) is -0.675. The molecule has 0 radical (unpaired) electrons. The molecule has 0 spiro atoms. The number of esters is 1. The van der Waals surface area contributed by atoms with Crippen LogP contribution in [0.4, 0.5) is 11.4 Å². The fourth-order valence-corrected chi connectivity index (χ4v) is 2.28. The minimum absolute atomic E-state index is 0.0316. The van der Waals surface area contributed by atoms with Gasteiger partial charge < -0.3 is 19.5 Å². The number of nitro benzene ring substituents is 1. The maximum Gasteiger partial charge on any atom is 0.347 e. The average molecular weight is 388 g/mol. The van der Waals surface area contributed by atoms with E-state index in [4.69, 9.17) is 14.2 Å². The second-order valence-electron chi connectivity index (χ2n) is 5.87. The van der Waals surface area contributed by atoms with Gasteiger partial charge in [-0.05, 0) is 43.7 Å². The Bertz CT molecular complexity index is 882. The molecule has 2 rings (SSSR count). The summed E-state index contributed by atoms with van der Waals surface area (Å²) < 4.78 is 15.3. The van der Waals surface area contributed by atoms with Crippen molar-refractivity contribution in [2.75, 3.05) is 19.0 Å². The molecular weight excluding hydrogens is 368 g/mol. The molecule has 9 nitrogen and oxygen atoms in total. The summed E-state index contributed by atoms with van der Waals surface area (Å²) in [4.78, 5) is 34.5. The zero-order chi connectivity index (χ0) is 20.7. The third-order valence-corrected chi connectivity index (χ3v) is 3.66. The fourth-order valence-electron chi connectivity index (χ4n) is 2.28. The van der Waals surface area contributed by atoms with Crippen LogP contribution < -0.4 is 14.8 Å². The van der Waals surface area contributed by atoms with Crippen molar-refractivity contribution in [3.05, 3.63) is 58.1 Å². The van der Waals surface area contributed by atoms with Crippen molar-refractivity contribution in [1.29, 1.82) is 0 Å². The molecule has 2 aromatic rings. The molecule has 0 unspecified atom stereocenters. The van der Waals surface area contributed by atoms with Crippen LogP contribution in [0.2, 0.25) is 0 Å². The number of nitro groups is 1. The molecule has 28 heavy (non-hydrogen) atoms. The van der Waals surface area contributed by atoms with Crippen LogP contribution in [0.5, 0.6) is 11.5 Å². The van der Waals surface area contributed by atoms with Crippen molar-refractivity contribution < 1.29 is 28.7 Å². The van der Waals surface area contributed by atoms with Gasteiger partial charge in [0.2, 0.25) is 0 Å². The number of hydrogen-bond donors (Lipinski definition) is 1. The Morgan fingerprint density at radius 3 is 2.57 bits per heavy atom. The van der Waals surface area contributed by atoms with E-state index < -0.39 is 29.5 Å². The van der Waals surface area contributed by atoms with Gasteiger partial charge in [-0.1, -0.05) is 12.1 Å². The van der Waals surface area contributed by atoms with Crippen molar-refractivity contribution in [1.82, 2.24) is 0 Å². The largest absolute Gasteiger partial charge is 0.496 e. The van der Waals surface area contributed by atoms with Gasteiger partial charge >= 0.3 is 5.97 Å². The van der Waals surface area contributed by atoms with Crippen molar-refractivity contribution in [2.24, 2.45) is 0 Å². The molecule has 9 heteroatoms. The maximum absolute atomic E-state index is 12.0. The summed E-state index contributed by atoms with van der Waals surface area (Å²) in [5.41, 5.74) is 0.601. The number of anilines is 1. The van der Waals surface area contributed by atoms with Gasteiger partial charge in [0.05, 0.1) is 18.1 Å². The number of methoxy groups -OCH3 is 1. The minimum Gasteiger partial charge on any atom is -0.496 e. The average Bonchev–Trinajstić information content (AvgIpc) is 2.66. The number of amides is 1. The lowest BCUT2D eigenvalue weighted by atomic mass is 10.2.